The van der Waals surface area contributed by atoms with Gasteiger partial charge in [0.15, 0.2) is 6.29 Å². The van der Waals surface area contributed by atoms with Crippen molar-refractivity contribution in [3.05, 3.63) is 18.0 Å². The van der Waals surface area contributed by atoms with E-state index in [1.165, 1.54) is 0 Å². The SMILES string of the molecule is CC(C)OC(=O)N1CCC(n2cc(C=O)cn2)CC1. The van der Waals surface area contributed by atoms with Crippen molar-refractivity contribution in [1.82, 2.24) is 14.7 Å². The molecular weight excluding hydrogens is 246 g/mol. The maximum Gasteiger partial charge on any atom is 0.410 e. The maximum absolute atomic E-state index is 11.7. The number of rotatable bonds is 3. The van der Waals surface area contributed by atoms with E-state index in [0.717, 1.165) is 19.1 Å². The van der Waals surface area contributed by atoms with Gasteiger partial charge in [-0.15, -0.1) is 0 Å². The molecule has 1 aliphatic rings. The van der Waals surface area contributed by atoms with E-state index in [0.29, 0.717) is 18.7 Å². The molecule has 0 bridgehead atoms. The van der Waals surface area contributed by atoms with Crippen LogP contribution in [0.1, 0.15) is 43.1 Å². The fourth-order valence-electron chi connectivity index (χ4n) is 2.20. The Hall–Kier alpha value is -1.85. The van der Waals surface area contributed by atoms with Gasteiger partial charge in [0, 0.05) is 19.3 Å². The predicted octanol–water partition coefficient (Wildman–Crippen LogP) is 1.88. The summed E-state index contributed by atoms with van der Waals surface area (Å²) in [4.78, 5) is 24.1. The summed E-state index contributed by atoms with van der Waals surface area (Å²) in [5, 5.41) is 4.18. The highest BCUT2D eigenvalue weighted by atomic mass is 16.6. The highest BCUT2D eigenvalue weighted by Crippen LogP contribution is 2.22. The molecule has 0 N–H and O–H groups in total. The molecule has 0 atom stereocenters. The second kappa shape index (κ2) is 5.86. The number of nitrogens with zero attached hydrogens (tertiary/aromatic N) is 3. The summed E-state index contributed by atoms with van der Waals surface area (Å²) < 4.78 is 6.98. The van der Waals surface area contributed by atoms with Crippen LogP contribution in [0, 0.1) is 0 Å². The van der Waals surface area contributed by atoms with E-state index in [-0.39, 0.29) is 18.2 Å². The molecule has 0 spiro atoms. The van der Waals surface area contributed by atoms with Crippen LogP contribution >= 0.6 is 0 Å². The van der Waals surface area contributed by atoms with E-state index in [4.69, 9.17) is 4.74 Å². The predicted molar refractivity (Wildman–Crippen MR) is 69.1 cm³/mol. The first-order valence-electron chi connectivity index (χ1n) is 6.55. The van der Waals surface area contributed by atoms with Gasteiger partial charge in [0.2, 0.25) is 0 Å². The van der Waals surface area contributed by atoms with E-state index in [2.05, 4.69) is 5.10 Å². The number of hydrogen-bond acceptors (Lipinski definition) is 4. The summed E-state index contributed by atoms with van der Waals surface area (Å²) in [6.07, 6.45) is 5.42. The number of carbonyl (C=O) groups is 2. The lowest BCUT2D eigenvalue weighted by Gasteiger charge is -2.31. The molecule has 0 unspecified atom stereocenters. The molecular formula is C13H19N3O3. The topological polar surface area (TPSA) is 64.4 Å². The van der Waals surface area contributed by atoms with Gasteiger partial charge in [0.05, 0.1) is 23.9 Å². The van der Waals surface area contributed by atoms with Gasteiger partial charge < -0.3 is 9.64 Å². The standard InChI is InChI=1S/C13H19N3O3/c1-10(2)19-13(18)15-5-3-12(4-6-15)16-8-11(9-17)7-14-16/h7-10,12H,3-6H2,1-2H3. The maximum atomic E-state index is 11.7. The summed E-state index contributed by atoms with van der Waals surface area (Å²) in [6.45, 7) is 5.00. The Labute approximate surface area is 112 Å². The largest absolute Gasteiger partial charge is 0.447 e. The fourth-order valence-corrected chi connectivity index (χ4v) is 2.20. The van der Waals surface area contributed by atoms with E-state index in [1.54, 1.807) is 17.3 Å². The molecule has 0 radical (unpaired) electrons. The van der Waals surface area contributed by atoms with Crippen LogP contribution in [0.5, 0.6) is 0 Å². The summed E-state index contributed by atoms with van der Waals surface area (Å²) in [5.74, 6) is 0. The van der Waals surface area contributed by atoms with E-state index in [1.807, 2.05) is 18.5 Å². The van der Waals surface area contributed by atoms with Crippen molar-refractivity contribution in [2.24, 2.45) is 0 Å². The first kappa shape index (κ1) is 13.6. The van der Waals surface area contributed by atoms with Crippen LogP contribution in [-0.4, -0.2) is 46.3 Å². The number of aromatic nitrogens is 2. The minimum Gasteiger partial charge on any atom is -0.447 e. The van der Waals surface area contributed by atoms with Crippen LogP contribution in [-0.2, 0) is 4.74 Å². The molecule has 0 aromatic carbocycles. The summed E-state index contributed by atoms with van der Waals surface area (Å²) in [7, 11) is 0. The normalized spacial score (nSPS) is 16.7. The molecule has 1 aromatic rings. The molecule has 6 heteroatoms. The van der Waals surface area contributed by atoms with Crippen LogP contribution in [0.25, 0.3) is 0 Å². The van der Waals surface area contributed by atoms with Gasteiger partial charge in [-0.3, -0.25) is 9.48 Å². The van der Waals surface area contributed by atoms with Crippen LogP contribution in [0.2, 0.25) is 0 Å². The van der Waals surface area contributed by atoms with Gasteiger partial charge in [0.1, 0.15) is 0 Å². The number of amides is 1. The zero-order chi connectivity index (χ0) is 13.8. The Balaban J connectivity index is 1.88. The lowest BCUT2D eigenvalue weighted by molar-refractivity contribution is 0.0653. The second-order valence-corrected chi connectivity index (χ2v) is 5.02. The van der Waals surface area contributed by atoms with Gasteiger partial charge in [0.25, 0.3) is 0 Å². The number of aldehydes is 1. The van der Waals surface area contributed by atoms with Crippen molar-refractivity contribution in [2.45, 2.75) is 38.8 Å². The number of likely N-dealkylation sites (tertiary alicyclic amines) is 1. The third-order valence-electron chi connectivity index (χ3n) is 3.19. The Morgan fingerprint density at radius 3 is 2.68 bits per heavy atom. The Morgan fingerprint density at radius 1 is 1.47 bits per heavy atom. The molecule has 1 aromatic heterocycles. The van der Waals surface area contributed by atoms with Crippen molar-refractivity contribution in [3.63, 3.8) is 0 Å². The average molecular weight is 265 g/mol. The number of carbonyl (C=O) groups excluding carboxylic acids is 2. The Morgan fingerprint density at radius 2 is 2.16 bits per heavy atom. The first-order chi connectivity index (χ1) is 9.10. The average Bonchev–Trinajstić information content (AvgIpc) is 2.87. The lowest BCUT2D eigenvalue weighted by atomic mass is 10.1. The monoisotopic (exact) mass is 265 g/mol. The number of piperidine rings is 1. The molecule has 2 rings (SSSR count). The molecule has 0 aliphatic carbocycles. The van der Waals surface area contributed by atoms with Crippen molar-refractivity contribution in [2.75, 3.05) is 13.1 Å². The zero-order valence-electron chi connectivity index (χ0n) is 11.3. The quantitative estimate of drug-likeness (QED) is 0.783. The smallest absolute Gasteiger partial charge is 0.410 e. The second-order valence-electron chi connectivity index (χ2n) is 5.02. The molecule has 2 heterocycles. The fraction of sp³-hybridized carbons (Fsp3) is 0.615. The molecule has 19 heavy (non-hydrogen) atoms. The van der Waals surface area contributed by atoms with E-state index in [9.17, 15) is 9.59 Å². The molecule has 1 aliphatic heterocycles. The zero-order valence-corrected chi connectivity index (χ0v) is 11.3. The minimum absolute atomic E-state index is 0.0912. The van der Waals surface area contributed by atoms with Crippen molar-refractivity contribution in [1.29, 1.82) is 0 Å². The Kier molecular flexibility index (Phi) is 4.19. The van der Waals surface area contributed by atoms with Crippen molar-refractivity contribution >= 4 is 12.4 Å². The highest BCUT2D eigenvalue weighted by Gasteiger charge is 2.25. The summed E-state index contributed by atoms with van der Waals surface area (Å²) in [5.41, 5.74) is 0.585. The highest BCUT2D eigenvalue weighted by molar-refractivity contribution is 5.73. The molecule has 1 saturated heterocycles. The number of ether oxygens (including phenoxy) is 1. The lowest BCUT2D eigenvalue weighted by Crippen LogP contribution is -2.40. The van der Waals surface area contributed by atoms with E-state index < -0.39 is 0 Å². The van der Waals surface area contributed by atoms with Crippen LogP contribution in [0.3, 0.4) is 0 Å². The summed E-state index contributed by atoms with van der Waals surface area (Å²) in [6, 6.07) is 0.247. The van der Waals surface area contributed by atoms with E-state index >= 15 is 0 Å². The molecule has 1 fully saturated rings. The third-order valence-corrected chi connectivity index (χ3v) is 3.19. The van der Waals surface area contributed by atoms with Crippen molar-refractivity contribution < 1.29 is 14.3 Å². The number of hydrogen-bond donors (Lipinski definition) is 0. The van der Waals surface area contributed by atoms with Crippen LogP contribution in [0.15, 0.2) is 12.4 Å². The molecule has 1 amide bonds. The van der Waals surface area contributed by atoms with Gasteiger partial charge in [-0.25, -0.2) is 4.79 Å². The third kappa shape index (κ3) is 3.33. The van der Waals surface area contributed by atoms with Gasteiger partial charge in [-0.2, -0.15) is 5.10 Å². The molecule has 104 valence electrons. The van der Waals surface area contributed by atoms with Gasteiger partial charge in [-0.1, -0.05) is 0 Å². The Bertz CT molecular complexity index is 448. The van der Waals surface area contributed by atoms with Crippen LogP contribution in [0.4, 0.5) is 4.79 Å². The minimum atomic E-state index is -0.248. The van der Waals surface area contributed by atoms with Gasteiger partial charge in [-0.05, 0) is 26.7 Å². The molecule has 6 nitrogen and oxygen atoms in total. The van der Waals surface area contributed by atoms with Gasteiger partial charge >= 0.3 is 6.09 Å². The first-order valence-corrected chi connectivity index (χ1v) is 6.55. The van der Waals surface area contributed by atoms with Crippen molar-refractivity contribution in [3.8, 4) is 0 Å². The summed E-state index contributed by atoms with van der Waals surface area (Å²) >= 11 is 0. The molecule has 0 saturated carbocycles. The van der Waals surface area contributed by atoms with Crippen LogP contribution < -0.4 is 0 Å².